The highest BCUT2D eigenvalue weighted by Crippen LogP contribution is 2.36. The molecule has 3 N–H and O–H groups in total. The smallest absolute Gasteiger partial charge is 0.250 e. The van der Waals surface area contributed by atoms with Gasteiger partial charge in [-0.1, -0.05) is 12.1 Å². The van der Waals surface area contributed by atoms with Gasteiger partial charge in [0.1, 0.15) is 18.5 Å². The second kappa shape index (κ2) is 7.36. The van der Waals surface area contributed by atoms with Crippen molar-refractivity contribution in [2.75, 3.05) is 29.9 Å². The molecule has 3 unspecified atom stereocenters. The molecule has 9 heteroatoms. The summed E-state index contributed by atoms with van der Waals surface area (Å²) >= 11 is 0. The second-order valence-electron chi connectivity index (χ2n) is 8.04. The number of hydrogen-bond donors (Lipinski definition) is 3. The summed E-state index contributed by atoms with van der Waals surface area (Å²) in [5, 5.41) is 3.36. The van der Waals surface area contributed by atoms with Crippen LogP contribution in [0.3, 0.4) is 0 Å². The zero-order chi connectivity index (χ0) is 20.8. The van der Waals surface area contributed by atoms with Crippen LogP contribution in [0.1, 0.15) is 17.9 Å². The summed E-state index contributed by atoms with van der Waals surface area (Å²) in [4.78, 5) is 23.5. The fourth-order valence-electron chi connectivity index (χ4n) is 4.55. The summed E-state index contributed by atoms with van der Waals surface area (Å²) in [6, 6.07) is 11.7. The van der Waals surface area contributed by atoms with Crippen LogP contribution in [-0.4, -0.2) is 47.7 Å². The van der Waals surface area contributed by atoms with Gasteiger partial charge in [-0.2, -0.15) is 4.98 Å². The topological polar surface area (TPSA) is 105 Å². The number of hydrogen-bond acceptors (Lipinski definition) is 8. The van der Waals surface area contributed by atoms with E-state index in [0.717, 1.165) is 23.4 Å². The third-order valence-corrected chi connectivity index (χ3v) is 6.17. The zero-order valence-corrected chi connectivity index (χ0v) is 16.7. The van der Waals surface area contributed by atoms with Crippen LogP contribution in [0.15, 0.2) is 53.4 Å². The summed E-state index contributed by atoms with van der Waals surface area (Å²) in [5.74, 6) is 2.31. The van der Waals surface area contributed by atoms with E-state index >= 15 is 0 Å². The summed E-state index contributed by atoms with van der Waals surface area (Å²) in [7, 11) is 0. The Morgan fingerprint density at radius 3 is 3.10 bits per heavy atom. The van der Waals surface area contributed by atoms with Gasteiger partial charge in [0, 0.05) is 35.8 Å². The maximum absolute atomic E-state index is 13.1. The average molecular weight is 418 g/mol. The Morgan fingerprint density at radius 2 is 2.19 bits per heavy atom. The minimum atomic E-state index is -0.309. The van der Waals surface area contributed by atoms with E-state index in [0.29, 0.717) is 42.9 Å². The summed E-state index contributed by atoms with van der Waals surface area (Å²) in [5.41, 5.74) is 9.28. The number of carbonyl (C=O) groups excluding carboxylic acids is 1. The normalized spacial score (nSPS) is 24.6. The molecule has 0 radical (unpaired) electrons. The van der Waals surface area contributed by atoms with E-state index in [9.17, 15) is 4.79 Å². The van der Waals surface area contributed by atoms with Crippen molar-refractivity contribution in [3.05, 3.63) is 54.6 Å². The minimum absolute atomic E-state index is 0.00963. The first kappa shape index (κ1) is 18.3. The molecule has 3 aliphatic heterocycles. The molecule has 1 aromatic carbocycles. The Labute approximate surface area is 178 Å². The fraction of sp³-hybridized carbons (Fsp3) is 0.318. The molecular formula is C22H22N6O3. The molecule has 1 amide bonds. The predicted octanol–water partition coefficient (Wildman–Crippen LogP) is 1.91. The first-order valence-corrected chi connectivity index (χ1v) is 10.5. The van der Waals surface area contributed by atoms with Crippen LogP contribution in [0.4, 0.5) is 11.5 Å². The highest BCUT2D eigenvalue weighted by atomic mass is 16.5. The number of hydrazine groups is 1. The van der Waals surface area contributed by atoms with Crippen molar-refractivity contribution in [3.8, 4) is 17.2 Å². The van der Waals surface area contributed by atoms with E-state index in [4.69, 9.17) is 9.15 Å². The monoisotopic (exact) mass is 418 g/mol. The molecule has 158 valence electrons. The van der Waals surface area contributed by atoms with Crippen LogP contribution in [-0.2, 0) is 4.79 Å². The summed E-state index contributed by atoms with van der Waals surface area (Å²) < 4.78 is 11.2. The molecule has 0 bridgehead atoms. The molecule has 9 nitrogen and oxygen atoms in total. The van der Waals surface area contributed by atoms with Crippen LogP contribution in [0.25, 0.3) is 11.3 Å². The molecule has 5 heterocycles. The van der Waals surface area contributed by atoms with Gasteiger partial charge in [-0.25, -0.2) is 4.98 Å². The van der Waals surface area contributed by atoms with E-state index in [1.807, 2.05) is 36.4 Å². The number of oxazole rings is 1. The second-order valence-corrected chi connectivity index (χ2v) is 8.04. The highest BCUT2D eigenvalue weighted by molar-refractivity contribution is 6.00. The third kappa shape index (κ3) is 3.22. The summed E-state index contributed by atoms with van der Waals surface area (Å²) in [6.07, 6.45) is 3.78. The molecule has 0 spiro atoms. The molecule has 0 saturated carbocycles. The lowest BCUT2D eigenvalue weighted by Gasteiger charge is -2.27. The quantitative estimate of drug-likeness (QED) is 0.590. The van der Waals surface area contributed by atoms with Crippen LogP contribution in [0, 0.1) is 0 Å². The Morgan fingerprint density at radius 1 is 1.23 bits per heavy atom. The van der Waals surface area contributed by atoms with E-state index in [-0.39, 0.29) is 18.0 Å². The Bertz CT molecular complexity index is 1120. The molecule has 0 aliphatic carbocycles. The van der Waals surface area contributed by atoms with Gasteiger partial charge >= 0.3 is 0 Å². The minimum Gasteiger partial charge on any atom is -0.476 e. The van der Waals surface area contributed by atoms with Crippen molar-refractivity contribution < 1.29 is 13.9 Å². The molecule has 3 aliphatic rings. The number of nitrogens with one attached hydrogen (secondary N) is 3. The van der Waals surface area contributed by atoms with Crippen LogP contribution in [0.2, 0.25) is 0 Å². The number of carbonyl (C=O) groups is 1. The van der Waals surface area contributed by atoms with Crippen LogP contribution in [0.5, 0.6) is 5.88 Å². The van der Waals surface area contributed by atoms with Gasteiger partial charge in [-0.15, -0.1) is 0 Å². The standard InChI is InChI=1S/C22H22N6O3/c29-22-17(25-14-3-1-2-13(8-14)19-10-23-12-31-19)6-7-28(22)20-5-4-15-16-9-24-27-18(16)11-30-21(15)26-20/h1-5,8,10,12,16-18,24-25,27H,6-7,9,11H2. The number of rotatable bonds is 4. The van der Waals surface area contributed by atoms with Gasteiger partial charge in [-0.05, 0) is 30.7 Å². The van der Waals surface area contributed by atoms with Gasteiger partial charge in [0.2, 0.25) is 5.88 Å². The SMILES string of the molecule is O=C1C(Nc2cccc(-c3cnco3)c2)CCN1c1ccc2c(n1)OCC1NNCC21. The zero-order valence-electron chi connectivity index (χ0n) is 16.7. The van der Waals surface area contributed by atoms with Crippen molar-refractivity contribution in [3.63, 3.8) is 0 Å². The van der Waals surface area contributed by atoms with E-state index in [1.165, 1.54) is 6.39 Å². The van der Waals surface area contributed by atoms with Gasteiger partial charge in [0.05, 0.1) is 12.2 Å². The average Bonchev–Trinajstić information content (AvgIpc) is 3.56. The highest BCUT2D eigenvalue weighted by Gasteiger charge is 2.37. The molecule has 2 fully saturated rings. The molecular weight excluding hydrogens is 396 g/mol. The van der Waals surface area contributed by atoms with Gasteiger partial charge in [-0.3, -0.25) is 20.5 Å². The number of aromatic nitrogens is 2. The lowest BCUT2D eigenvalue weighted by molar-refractivity contribution is -0.117. The molecule has 2 aromatic heterocycles. The number of fused-ring (bicyclic) bond motifs is 3. The maximum atomic E-state index is 13.1. The number of nitrogens with zero attached hydrogens (tertiary/aromatic N) is 3. The van der Waals surface area contributed by atoms with Crippen LogP contribution >= 0.6 is 0 Å². The Balaban J connectivity index is 1.19. The van der Waals surface area contributed by atoms with Crippen molar-refractivity contribution in [1.29, 1.82) is 0 Å². The number of pyridine rings is 1. The first-order chi connectivity index (χ1) is 15.3. The number of amides is 1. The van der Waals surface area contributed by atoms with E-state index in [1.54, 1.807) is 11.1 Å². The Kier molecular flexibility index (Phi) is 4.36. The lowest BCUT2D eigenvalue weighted by atomic mass is 9.92. The van der Waals surface area contributed by atoms with Crippen LogP contribution < -0.4 is 25.8 Å². The molecule has 6 rings (SSSR count). The third-order valence-electron chi connectivity index (χ3n) is 6.17. The molecule has 3 aromatic rings. The van der Waals surface area contributed by atoms with Gasteiger partial charge in [0.15, 0.2) is 12.2 Å². The molecule has 3 atom stereocenters. The van der Waals surface area contributed by atoms with Crippen molar-refractivity contribution >= 4 is 17.4 Å². The van der Waals surface area contributed by atoms with Crippen molar-refractivity contribution in [2.24, 2.45) is 0 Å². The summed E-state index contributed by atoms with van der Waals surface area (Å²) in [6.45, 7) is 2.03. The molecule has 31 heavy (non-hydrogen) atoms. The largest absolute Gasteiger partial charge is 0.476 e. The lowest BCUT2D eigenvalue weighted by Crippen LogP contribution is -2.39. The number of ether oxygens (including phenoxy) is 1. The Hall–Kier alpha value is -3.43. The van der Waals surface area contributed by atoms with Gasteiger partial charge < -0.3 is 14.5 Å². The number of benzene rings is 1. The predicted molar refractivity (Wildman–Crippen MR) is 114 cm³/mol. The molecule has 2 saturated heterocycles. The first-order valence-electron chi connectivity index (χ1n) is 10.5. The van der Waals surface area contributed by atoms with Crippen molar-refractivity contribution in [2.45, 2.75) is 24.4 Å². The van der Waals surface area contributed by atoms with E-state index < -0.39 is 0 Å². The fourth-order valence-corrected chi connectivity index (χ4v) is 4.55. The van der Waals surface area contributed by atoms with Gasteiger partial charge in [0.25, 0.3) is 5.91 Å². The van der Waals surface area contributed by atoms with E-state index in [2.05, 4.69) is 26.1 Å². The van der Waals surface area contributed by atoms with Crippen molar-refractivity contribution in [1.82, 2.24) is 20.8 Å². The number of anilines is 2. The maximum Gasteiger partial charge on any atom is 0.250 e.